The van der Waals surface area contributed by atoms with Crippen molar-refractivity contribution >= 4 is 16.6 Å². The number of nitrogens with one attached hydrogen (secondary N) is 1. The van der Waals surface area contributed by atoms with E-state index in [-0.39, 0.29) is 5.54 Å². The topological polar surface area (TPSA) is 19.0 Å². The highest BCUT2D eigenvalue weighted by Crippen LogP contribution is 2.54. The van der Waals surface area contributed by atoms with Gasteiger partial charge in [-0.3, -0.25) is 0 Å². The van der Waals surface area contributed by atoms with Gasteiger partial charge in [0.1, 0.15) is 0 Å². The maximum atomic E-state index is 3.68. The molecule has 0 bridgehead atoms. The van der Waals surface area contributed by atoms with Gasteiger partial charge < -0.3 is 9.88 Å². The van der Waals surface area contributed by atoms with Crippen LogP contribution in [0.5, 0.6) is 0 Å². The van der Waals surface area contributed by atoms with Crippen LogP contribution in [0.4, 0.5) is 5.69 Å². The molecule has 2 heteroatoms. The molecule has 2 aromatic carbocycles. The van der Waals surface area contributed by atoms with Gasteiger partial charge in [-0.15, -0.1) is 0 Å². The first kappa shape index (κ1) is 11.4. The van der Waals surface area contributed by atoms with Crippen molar-refractivity contribution in [2.75, 3.05) is 11.4 Å². The average molecular weight is 274 g/mol. The Bertz CT molecular complexity index is 861. The summed E-state index contributed by atoms with van der Waals surface area (Å²) in [6, 6.07) is 17.6. The molecule has 1 aromatic heterocycles. The third-order valence-corrected chi connectivity index (χ3v) is 5.35. The van der Waals surface area contributed by atoms with E-state index in [0.717, 1.165) is 6.54 Å². The van der Waals surface area contributed by atoms with Crippen molar-refractivity contribution in [1.29, 1.82) is 0 Å². The van der Waals surface area contributed by atoms with Crippen LogP contribution in [0.2, 0.25) is 0 Å². The van der Waals surface area contributed by atoms with Gasteiger partial charge in [0.25, 0.3) is 0 Å². The predicted molar refractivity (Wildman–Crippen MR) is 87.7 cm³/mol. The Hall–Kier alpha value is -2.22. The van der Waals surface area contributed by atoms with Crippen LogP contribution < -0.4 is 4.90 Å². The van der Waals surface area contributed by atoms with E-state index in [2.05, 4.69) is 65.3 Å². The Kier molecular flexibility index (Phi) is 2.02. The van der Waals surface area contributed by atoms with E-state index < -0.39 is 0 Å². The van der Waals surface area contributed by atoms with E-state index in [1.807, 2.05) is 0 Å². The first-order chi connectivity index (χ1) is 10.3. The number of aromatic nitrogens is 1. The molecular formula is C19H18N2. The minimum atomic E-state index is 0.128. The number of hydrogen-bond donors (Lipinski definition) is 1. The predicted octanol–water partition coefficient (Wildman–Crippen LogP) is 4.66. The van der Waals surface area contributed by atoms with E-state index in [9.17, 15) is 0 Å². The summed E-state index contributed by atoms with van der Waals surface area (Å²) in [5.74, 6) is 0. The molecule has 2 aliphatic rings. The van der Waals surface area contributed by atoms with Crippen LogP contribution >= 0.6 is 0 Å². The molecule has 1 N–H and O–H groups in total. The van der Waals surface area contributed by atoms with Crippen LogP contribution in [-0.2, 0) is 5.54 Å². The van der Waals surface area contributed by atoms with Gasteiger partial charge in [0, 0.05) is 34.3 Å². The van der Waals surface area contributed by atoms with Crippen molar-refractivity contribution in [3.8, 4) is 11.3 Å². The number of hydrogen-bond acceptors (Lipinski definition) is 1. The second-order valence-electron chi connectivity index (χ2n) is 6.47. The number of anilines is 1. The van der Waals surface area contributed by atoms with Gasteiger partial charge in [0.05, 0.1) is 11.2 Å². The van der Waals surface area contributed by atoms with Gasteiger partial charge in [-0.25, -0.2) is 0 Å². The normalized spacial score (nSPS) is 23.0. The van der Waals surface area contributed by atoms with Crippen molar-refractivity contribution in [3.63, 3.8) is 0 Å². The molecule has 5 rings (SSSR count). The Morgan fingerprint density at radius 3 is 2.81 bits per heavy atom. The molecule has 1 saturated heterocycles. The van der Waals surface area contributed by atoms with Crippen LogP contribution in [0.1, 0.15) is 25.3 Å². The molecule has 104 valence electrons. The molecule has 0 saturated carbocycles. The fraction of sp³-hybridized carbons (Fsp3) is 0.263. The standard InChI is InChI=1S/C19H18N2/c1-19-11-6-12-21(19)16-10-5-3-8-14(16)18-17(19)13-7-2-4-9-15(13)20-18/h2-5,7-10,20H,6,11-12H2,1H3. The molecule has 0 amide bonds. The molecule has 3 aromatic rings. The summed E-state index contributed by atoms with van der Waals surface area (Å²) in [5.41, 5.74) is 6.94. The van der Waals surface area contributed by atoms with Crippen LogP contribution in [-0.4, -0.2) is 11.5 Å². The first-order valence-corrected chi connectivity index (χ1v) is 7.77. The van der Waals surface area contributed by atoms with Crippen LogP contribution in [0, 0.1) is 0 Å². The monoisotopic (exact) mass is 274 g/mol. The number of fused-ring (bicyclic) bond motifs is 8. The molecule has 0 radical (unpaired) electrons. The lowest BCUT2D eigenvalue weighted by Gasteiger charge is -2.42. The zero-order valence-corrected chi connectivity index (χ0v) is 12.2. The zero-order valence-electron chi connectivity index (χ0n) is 12.2. The van der Waals surface area contributed by atoms with Gasteiger partial charge in [-0.05, 0) is 31.9 Å². The molecule has 3 heterocycles. The summed E-state index contributed by atoms with van der Waals surface area (Å²) >= 11 is 0. The summed E-state index contributed by atoms with van der Waals surface area (Å²) in [7, 11) is 0. The molecule has 0 spiro atoms. The molecule has 0 aliphatic carbocycles. The lowest BCUT2D eigenvalue weighted by molar-refractivity contribution is 0.494. The van der Waals surface area contributed by atoms with Crippen molar-refractivity contribution < 1.29 is 0 Å². The van der Waals surface area contributed by atoms with Gasteiger partial charge >= 0.3 is 0 Å². The Labute approximate surface area is 124 Å². The fourth-order valence-electron chi connectivity index (χ4n) is 4.43. The van der Waals surface area contributed by atoms with E-state index in [1.165, 1.54) is 46.3 Å². The zero-order chi connectivity index (χ0) is 14.0. The van der Waals surface area contributed by atoms with E-state index in [0.29, 0.717) is 0 Å². The SMILES string of the molecule is CC12CCCN1c1ccccc1-c1[nH]c3ccccc3c12. The second kappa shape index (κ2) is 3.70. The number of para-hydroxylation sites is 2. The summed E-state index contributed by atoms with van der Waals surface area (Å²) in [6.07, 6.45) is 2.50. The van der Waals surface area contributed by atoms with E-state index >= 15 is 0 Å². The largest absolute Gasteiger partial charge is 0.361 e. The lowest BCUT2D eigenvalue weighted by atomic mass is 9.81. The number of benzene rings is 2. The van der Waals surface area contributed by atoms with Crippen LogP contribution in [0.15, 0.2) is 48.5 Å². The lowest BCUT2D eigenvalue weighted by Crippen LogP contribution is -2.41. The number of nitrogens with zero attached hydrogens (tertiary/aromatic N) is 1. The molecule has 1 fully saturated rings. The third kappa shape index (κ3) is 1.28. The summed E-state index contributed by atoms with van der Waals surface area (Å²) in [6.45, 7) is 3.57. The highest BCUT2D eigenvalue weighted by atomic mass is 15.2. The van der Waals surface area contributed by atoms with Gasteiger partial charge in [-0.1, -0.05) is 36.4 Å². The minimum absolute atomic E-state index is 0.128. The summed E-state index contributed by atoms with van der Waals surface area (Å²) in [5, 5.41) is 1.39. The molecule has 21 heavy (non-hydrogen) atoms. The summed E-state index contributed by atoms with van der Waals surface area (Å²) in [4.78, 5) is 6.30. The molecule has 1 atom stereocenters. The second-order valence-corrected chi connectivity index (χ2v) is 6.47. The first-order valence-electron chi connectivity index (χ1n) is 7.77. The van der Waals surface area contributed by atoms with E-state index in [1.54, 1.807) is 0 Å². The molecule has 2 aliphatic heterocycles. The van der Waals surface area contributed by atoms with Crippen molar-refractivity contribution in [1.82, 2.24) is 4.98 Å². The van der Waals surface area contributed by atoms with Crippen LogP contribution in [0.25, 0.3) is 22.2 Å². The summed E-state index contributed by atoms with van der Waals surface area (Å²) < 4.78 is 0. The fourth-order valence-corrected chi connectivity index (χ4v) is 4.43. The average Bonchev–Trinajstić information content (AvgIpc) is 3.08. The Morgan fingerprint density at radius 2 is 1.86 bits per heavy atom. The maximum absolute atomic E-state index is 3.68. The van der Waals surface area contributed by atoms with Crippen LogP contribution in [0.3, 0.4) is 0 Å². The van der Waals surface area contributed by atoms with E-state index in [4.69, 9.17) is 0 Å². The number of rotatable bonds is 0. The Balaban J connectivity index is 1.96. The highest BCUT2D eigenvalue weighted by Gasteiger charge is 2.45. The third-order valence-electron chi connectivity index (χ3n) is 5.35. The molecule has 1 unspecified atom stereocenters. The van der Waals surface area contributed by atoms with Gasteiger partial charge in [0.15, 0.2) is 0 Å². The molecule has 2 nitrogen and oxygen atoms in total. The quantitative estimate of drug-likeness (QED) is 0.631. The van der Waals surface area contributed by atoms with Crippen molar-refractivity contribution in [3.05, 3.63) is 54.1 Å². The highest BCUT2D eigenvalue weighted by molar-refractivity contribution is 5.97. The smallest absolute Gasteiger partial charge is 0.0653 e. The number of H-pyrrole nitrogens is 1. The van der Waals surface area contributed by atoms with Gasteiger partial charge in [0.2, 0.25) is 0 Å². The van der Waals surface area contributed by atoms with Crippen molar-refractivity contribution in [2.24, 2.45) is 0 Å². The maximum Gasteiger partial charge on any atom is 0.0653 e. The molecular weight excluding hydrogens is 256 g/mol. The number of aromatic amines is 1. The minimum Gasteiger partial charge on any atom is -0.361 e. The van der Waals surface area contributed by atoms with Gasteiger partial charge in [-0.2, -0.15) is 0 Å². The van der Waals surface area contributed by atoms with Crippen molar-refractivity contribution in [2.45, 2.75) is 25.3 Å². The Morgan fingerprint density at radius 1 is 1.05 bits per heavy atom.